The molecule has 0 bridgehead atoms. The van der Waals surface area contributed by atoms with Crippen LogP contribution < -0.4 is 5.32 Å². The summed E-state index contributed by atoms with van der Waals surface area (Å²) in [7, 11) is 0. The Balaban J connectivity index is 1.95. The third kappa shape index (κ3) is 3.46. The lowest BCUT2D eigenvalue weighted by Gasteiger charge is -2.23. The van der Waals surface area contributed by atoms with Gasteiger partial charge in [0.25, 0.3) is 0 Å². The Morgan fingerprint density at radius 2 is 2.18 bits per heavy atom. The summed E-state index contributed by atoms with van der Waals surface area (Å²) in [6.45, 7) is 2.04. The number of benzene rings is 1. The van der Waals surface area contributed by atoms with E-state index in [2.05, 4.69) is 5.32 Å². The summed E-state index contributed by atoms with van der Waals surface area (Å²) in [6.07, 6.45) is 1.37. The molecule has 2 N–H and O–H groups in total. The fraction of sp³-hybridized carbons (Fsp3) is 0.462. The molecule has 92 valence electrons. The Kier molecular flexibility index (Phi) is 3.98. The molecule has 1 amide bonds. The van der Waals surface area contributed by atoms with Crippen LogP contribution in [0.5, 0.6) is 0 Å². The van der Waals surface area contributed by atoms with Crippen LogP contribution >= 0.6 is 0 Å². The highest BCUT2D eigenvalue weighted by Gasteiger charge is 2.20. The fourth-order valence-electron chi connectivity index (χ4n) is 2.19. The number of carboxylic acid groups (broad SMARTS) is 1. The van der Waals surface area contributed by atoms with E-state index in [-0.39, 0.29) is 0 Å². The lowest BCUT2D eigenvalue weighted by atomic mass is 10.2. The number of carbonyl (C=O) groups is 1. The molecule has 0 spiro atoms. The molecule has 1 saturated heterocycles. The van der Waals surface area contributed by atoms with Crippen molar-refractivity contribution in [2.75, 3.05) is 13.1 Å². The summed E-state index contributed by atoms with van der Waals surface area (Å²) in [5.41, 5.74) is 1.04. The summed E-state index contributed by atoms with van der Waals surface area (Å²) >= 11 is 0. The number of amides is 1. The van der Waals surface area contributed by atoms with Gasteiger partial charge in [-0.1, -0.05) is 30.3 Å². The average Bonchev–Trinajstić information content (AvgIpc) is 2.82. The van der Waals surface area contributed by atoms with Gasteiger partial charge in [0.2, 0.25) is 0 Å². The summed E-state index contributed by atoms with van der Waals surface area (Å²) in [5, 5.41) is 12.5. The normalized spacial score (nSPS) is 19.2. The fourth-order valence-corrected chi connectivity index (χ4v) is 2.19. The highest BCUT2D eigenvalue weighted by atomic mass is 16.4. The van der Waals surface area contributed by atoms with E-state index in [9.17, 15) is 9.90 Å². The molecule has 4 heteroatoms. The average molecular weight is 234 g/mol. The van der Waals surface area contributed by atoms with Crippen LogP contribution in [0.2, 0.25) is 0 Å². The molecular weight excluding hydrogens is 216 g/mol. The maximum atomic E-state index is 11.2. The van der Waals surface area contributed by atoms with Gasteiger partial charge >= 0.3 is 6.09 Å². The molecule has 17 heavy (non-hydrogen) atoms. The molecule has 0 unspecified atom stereocenters. The van der Waals surface area contributed by atoms with E-state index in [1.807, 2.05) is 30.3 Å². The maximum absolute atomic E-state index is 11.2. The van der Waals surface area contributed by atoms with Gasteiger partial charge in [0.05, 0.1) is 0 Å². The first kappa shape index (κ1) is 11.9. The summed E-state index contributed by atoms with van der Waals surface area (Å²) in [6, 6.07) is 10.0. The molecule has 1 fully saturated rings. The van der Waals surface area contributed by atoms with Crippen LogP contribution in [-0.2, 0) is 6.54 Å². The molecule has 1 atom stereocenters. The van der Waals surface area contributed by atoms with Crippen molar-refractivity contribution >= 4 is 6.09 Å². The minimum atomic E-state index is -0.845. The van der Waals surface area contributed by atoms with Crippen LogP contribution in [0.1, 0.15) is 18.4 Å². The van der Waals surface area contributed by atoms with Crippen LogP contribution in [0, 0.1) is 0 Å². The van der Waals surface area contributed by atoms with Gasteiger partial charge in [-0.25, -0.2) is 4.79 Å². The molecular formula is C13H18N2O2. The highest BCUT2D eigenvalue weighted by Crippen LogP contribution is 2.10. The second-order valence-corrected chi connectivity index (χ2v) is 4.44. The molecule has 0 aromatic heterocycles. The summed E-state index contributed by atoms with van der Waals surface area (Å²) < 4.78 is 0. The van der Waals surface area contributed by atoms with Gasteiger partial charge in [-0.3, -0.25) is 0 Å². The van der Waals surface area contributed by atoms with E-state index >= 15 is 0 Å². The molecule has 0 aliphatic carbocycles. The first-order valence-corrected chi connectivity index (χ1v) is 6.01. The first-order valence-electron chi connectivity index (χ1n) is 6.01. The van der Waals surface area contributed by atoms with E-state index in [4.69, 9.17) is 0 Å². The zero-order valence-corrected chi connectivity index (χ0v) is 9.80. The zero-order valence-electron chi connectivity index (χ0n) is 9.80. The summed E-state index contributed by atoms with van der Waals surface area (Å²) in [4.78, 5) is 12.7. The van der Waals surface area contributed by atoms with Crippen molar-refractivity contribution < 1.29 is 9.90 Å². The van der Waals surface area contributed by atoms with E-state index in [1.54, 1.807) is 0 Å². The lowest BCUT2D eigenvalue weighted by molar-refractivity contribution is 0.138. The van der Waals surface area contributed by atoms with E-state index in [0.717, 1.165) is 24.9 Å². The maximum Gasteiger partial charge on any atom is 0.407 e. The Labute approximate surface area is 101 Å². The van der Waals surface area contributed by atoms with Crippen molar-refractivity contribution in [3.05, 3.63) is 35.9 Å². The molecule has 1 aromatic carbocycles. The molecule has 2 rings (SSSR count). The number of rotatable bonds is 4. The second-order valence-electron chi connectivity index (χ2n) is 4.44. The molecule has 4 nitrogen and oxygen atoms in total. The highest BCUT2D eigenvalue weighted by molar-refractivity contribution is 5.65. The van der Waals surface area contributed by atoms with Gasteiger partial charge in [-0.15, -0.1) is 0 Å². The van der Waals surface area contributed by atoms with E-state index < -0.39 is 6.09 Å². The van der Waals surface area contributed by atoms with Crippen molar-refractivity contribution in [3.63, 3.8) is 0 Å². The molecule has 0 radical (unpaired) electrons. The predicted molar refractivity (Wildman–Crippen MR) is 65.9 cm³/mol. The van der Waals surface area contributed by atoms with Crippen molar-refractivity contribution in [2.45, 2.75) is 25.4 Å². The first-order chi connectivity index (χ1) is 8.25. The third-order valence-electron chi connectivity index (χ3n) is 3.09. The Morgan fingerprint density at radius 3 is 2.76 bits per heavy atom. The van der Waals surface area contributed by atoms with E-state index in [1.165, 1.54) is 4.90 Å². The molecule has 1 aromatic rings. The Hall–Kier alpha value is -1.55. The molecule has 0 saturated carbocycles. The predicted octanol–water partition coefficient (Wildman–Crippen LogP) is 1.92. The Bertz CT molecular complexity index is 361. The van der Waals surface area contributed by atoms with Gasteiger partial charge in [0, 0.05) is 19.1 Å². The minimum Gasteiger partial charge on any atom is -0.465 e. The van der Waals surface area contributed by atoms with Crippen molar-refractivity contribution in [2.24, 2.45) is 0 Å². The smallest absolute Gasteiger partial charge is 0.407 e. The quantitative estimate of drug-likeness (QED) is 0.836. The van der Waals surface area contributed by atoms with Crippen molar-refractivity contribution in [1.82, 2.24) is 10.2 Å². The largest absolute Gasteiger partial charge is 0.465 e. The van der Waals surface area contributed by atoms with Crippen LogP contribution in [-0.4, -0.2) is 35.2 Å². The standard InChI is InChI=1S/C13H18N2O2/c16-13(17)15(10-12-7-4-8-14-12)9-11-5-2-1-3-6-11/h1-3,5-6,12,14H,4,7-10H2,(H,16,17)/t12-/m0/s1. The molecule has 1 aliphatic heterocycles. The number of hydrogen-bond donors (Lipinski definition) is 2. The van der Waals surface area contributed by atoms with Gasteiger partial charge < -0.3 is 15.3 Å². The van der Waals surface area contributed by atoms with Crippen LogP contribution in [0.3, 0.4) is 0 Å². The number of hydrogen-bond acceptors (Lipinski definition) is 2. The van der Waals surface area contributed by atoms with Gasteiger partial charge in [0.15, 0.2) is 0 Å². The minimum absolute atomic E-state index is 0.315. The van der Waals surface area contributed by atoms with Crippen molar-refractivity contribution in [3.8, 4) is 0 Å². The van der Waals surface area contributed by atoms with Crippen LogP contribution in [0.25, 0.3) is 0 Å². The number of nitrogens with one attached hydrogen (secondary N) is 1. The van der Waals surface area contributed by atoms with Crippen molar-refractivity contribution in [1.29, 1.82) is 0 Å². The van der Waals surface area contributed by atoms with Crippen LogP contribution in [0.4, 0.5) is 4.79 Å². The van der Waals surface area contributed by atoms with E-state index in [0.29, 0.717) is 19.1 Å². The van der Waals surface area contributed by atoms with Crippen LogP contribution in [0.15, 0.2) is 30.3 Å². The number of nitrogens with zero attached hydrogens (tertiary/aromatic N) is 1. The monoisotopic (exact) mass is 234 g/mol. The lowest BCUT2D eigenvalue weighted by Crippen LogP contribution is -2.39. The Morgan fingerprint density at radius 1 is 1.41 bits per heavy atom. The molecule has 1 aliphatic rings. The van der Waals surface area contributed by atoms with Gasteiger partial charge in [-0.2, -0.15) is 0 Å². The topological polar surface area (TPSA) is 52.6 Å². The second kappa shape index (κ2) is 5.68. The SMILES string of the molecule is O=C(O)N(Cc1ccccc1)C[C@@H]1CCCN1. The zero-order chi connectivity index (χ0) is 12.1. The third-order valence-corrected chi connectivity index (χ3v) is 3.09. The summed E-state index contributed by atoms with van der Waals surface area (Å²) in [5.74, 6) is 0. The van der Waals surface area contributed by atoms with Gasteiger partial charge in [0.1, 0.15) is 0 Å². The molecule has 1 heterocycles. The van der Waals surface area contributed by atoms with Gasteiger partial charge in [-0.05, 0) is 24.9 Å².